The van der Waals surface area contributed by atoms with Gasteiger partial charge in [0.2, 0.25) is 5.91 Å². The number of carbonyl (C=O) groups excluding carboxylic acids is 1. The number of benzene rings is 1. The molecule has 3 rings (SSSR count). The third kappa shape index (κ3) is 4.32. The van der Waals surface area contributed by atoms with E-state index in [1.54, 1.807) is 40.4 Å². The Labute approximate surface area is 166 Å². The van der Waals surface area contributed by atoms with Crippen LogP contribution in [0, 0.1) is 0 Å². The van der Waals surface area contributed by atoms with Gasteiger partial charge in [0, 0.05) is 22.6 Å². The lowest BCUT2D eigenvalue weighted by Crippen LogP contribution is -2.14. The average molecular weight is 452 g/mol. The molecule has 3 aromatic rings. The van der Waals surface area contributed by atoms with Gasteiger partial charge in [-0.2, -0.15) is 0 Å². The van der Waals surface area contributed by atoms with Crippen molar-refractivity contribution in [3.05, 3.63) is 46.9 Å². The first-order chi connectivity index (χ1) is 12.6. The summed E-state index contributed by atoms with van der Waals surface area (Å²) in [6.45, 7) is 4.20. The van der Waals surface area contributed by atoms with Gasteiger partial charge in [0.05, 0.1) is 11.3 Å². The Kier molecular flexibility index (Phi) is 6.07. The summed E-state index contributed by atoms with van der Waals surface area (Å²) in [4.78, 5) is 16.1. The number of nitrogens with zero attached hydrogens (tertiary/aromatic N) is 4. The molecule has 7 nitrogen and oxygen atoms in total. The Bertz CT molecular complexity index is 927. The molecule has 10 heteroatoms. The van der Waals surface area contributed by atoms with Crippen LogP contribution in [0.3, 0.4) is 0 Å². The molecule has 0 saturated heterocycles. The van der Waals surface area contributed by atoms with E-state index < -0.39 is 0 Å². The highest BCUT2D eigenvalue weighted by molar-refractivity contribution is 9.10. The Morgan fingerprint density at radius 1 is 1.46 bits per heavy atom. The van der Waals surface area contributed by atoms with Crippen LogP contribution >= 0.6 is 39.0 Å². The van der Waals surface area contributed by atoms with Crippen molar-refractivity contribution in [2.24, 2.45) is 0 Å². The smallest absolute Gasteiger partial charge is 0.236 e. The van der Waals surface area contributed by atoms with E-state index in [9.17, 15) is 9.90 Å². The van der Waals surface area contributed by atoms with Crippen molar-refractivity contribution >= 4 is 50.1 Å². The van der Waals surface area contributed by atoms with Crippen molar-refractivity contribution in [1.29, 1.82) is 0 Å². The zero-order valence-electron chi connectivity index (χ0n) is 13.4. The highest BCUT2D eigenvalue weighted by atomic mass is 79.9. The number of halogens is 1. The highest BCUT2D eigenvalue weighted by Gasteiger charge is 2.18. The maximum absolute atomic E-state index is 12.0. The minimum Gasteiger partial charge on any atom is -0.507 e. The predicted molar refractivity (Wildman–Crippen MR) is 106 cm³/mol. The molecule has 134 valence electrons. The van der Waals surface area contributed by atoms with E-state index in [-0.39, 0.29) is 17.4 Å². The maximum Gasteiger partial charge on any atom is 0.236 e. The van der Waals surface area contributed by atoms with Gasteiger partial charge in [0.1, 0.15) is 5.75 Å². The molecule has 0 saturated carbocycles. The maximum atomic E-state index is 12.0. The van der Waals surface area contributed by atoms with E-state index in [1.807, 2.05) is 0 Å². The number of nitrogens with one attached hydrogen (secondary N) is 1. The number of thioether (sulfide) groups is 1. The molecule has 2 heterocycles. The summed E-state index contributed by atoms with van der Waals surface area (Å²) in [6, 6.07) is 5.09. The molecular weight excluding hydrogens is 438 g/mol. The Morgan fingerprint density at radius 2 is 2.31 bits per heavy atom. The Hall–Kier alpha value is -2.17. The van der Waals surface area contributed by atoms with Crippen molar-refractivity contribution in [2.75, 3.05) is 11.1 Å². The minimum absolute atomic E-state index is 0.101. The van der Waals surface area contributed by atoms with E-state index in [0.717, 1.165) is 4.47 Å². The summed E-state index contributed by atoms with van der Waals surface area (Å²) in [5.41, 5.74) is 0.549. The van der Waals surface area contributed by atoms with Crippen molar-refractivity contribution in [3.63, 3.8) is 0 Å². The summed E-state index contributed by atoms with van der Waals surface area (Å²) in [7, 11) is 0. The summed E-state index contributed by atoms with van der Waals surface area (Å²) in [5.74, 6) is 0.597. The van der Waals surface area contributed by atoms with Crippen LogP contribution in [0.15, 0.2) is 52.1 Å². The number of thiazole rings is 1. The van der Waals surface area contributed by atoms with Gasteiger partial charge in [-0.25, -0.2) is 4.98 Å². The molecule has 1 amide bonds. The summed E-state index contributed by atoms with van der Waals surface area (Å²) in [6.07, 6.45) is 3.34. The fourth-order valence-corrected chi connectivity index (χ4v) is 3.80. The molecule has 0 aliphatic heterocycles. The highest BCUT2D eigenvalue weighted by Crippen LogP contribution is 2.32. The van der Waals surface area contributed by atoms with E-state index >= 15 is 0 Å². The fourth-order valence-electron chi connectivity index (χ4n) is 2.15. The number of rotatable bonds is 7. The van der Waals surface area contributed by atoms with Crippen LogP contribution in [0.1, 0.15) is 0 Å². The standard InChI is InChI=1S/C16H14BrN5O2S2/c1-2-6-22-14(11-8-10(17)3-4-12(11)23)20-21-16(22)26-9-13(24)19-15-18-5-7-25-15/h2-5,7-8,23H,1,6,9H2,(H,18,19,24). The lowest BCUT2D eigenvalue weighted by atomic mass is 10.2. The largest absolute Gasteiger partial charge is 0.507 e. The number of anilines is 1. The van der Waals surface area contributed by atoms with Crippen LogP contribution in [0.5, 0.6) is 5.75 Å². The molecule has 0 aliphatic rings. The topological polar surface area (TPSA) is 92.9 Å². The molecule has 26 heavy (non-hydrogen) atoms. The Balaban J connectivity index is 1.79. The lowest BCUT2D eigenvalue weighted by Gasteiger charge is -2.09. The second-order valence-electron chi connectivity index (χ2n) is 5.04. The van der Waals surface area contributed by atoms with Gasteiger partial charge in [0.25, 0.3) is 0 Å². The summed E-state index contributed by atoms with van der Waals surface area (Å²) < 4.78 is 2.62. The van der Waals surface area contributed by atoms with Crippen LogP contribution in [-0.4, -0.2) is 36.5 Å². The molecular formula is C16H14BrN5O2S2. The number of aromatic hydroxyl groups is 1. The van der Waals surface area contributed by atoms with Gasteiger partial charge >= 0.3 is 0 Å². The van der Waals surface area contributed by atoms with Gasteiger partial charge in [0.15, 0.2) is 16.1 Å². The normalized spacial score (nSPS) is 10.7. The van der Waals surface area contributed by atoms with E-state index in [0.29, 0.717) is 28.2 Å². The van der Waals surface area contributed by atoms with Crippen LogP contribution in [0.2, 0.25) is 0 Å². The van der Waals surface area contributed by atoms with Crippen molar-refractivity contribution in [2.45, 2.75) is 11.7 Å². The second kappa shape index (κ2) is 8.47. The van der Waals surface area contributed by atoms with Gasteiger partial charge in [-0.3, -0.25) is 9.36 Å². The second-order valence-corrected chi connectivity index (χ2v) is 7.79. The molecule has 0 radical (unpaired) electrons. The monoisotopic (exact) mass is 451 g/mol. The molecule has 0 fully saturated rings. The number of allylic oxidation sites excluding steroid dienone is 1. The minimum atomic E-state index is -0.176. The van der Waals surface area contributed by atoms with Gasteiger partial charge in [-0.15, -0.1) is 28.1 Å². The van der Waals surface area contributed by atoms with Crippen LogP contribution in [0.25, 0.3) is 11.4 Å². The summed E-state index contributed by atoms with van der Waals surface area (Å²) >= 11 is 6.00. The lowest BCUT2D eigenvalue weighted by molar-refractivity contribution is -0.113. The number of hydrogen-bond donors (Lipinski definition) is 2. The molecule has 0 atom stereocenters. The average Bonchev–Trinajstić information content (AvgIpc) is 3.26. The predicted octanol–water partition coefficient (Wildman–Crippen LogP) is 3.79. The fraction of sp³-hybridized carbons (Fsp3) is 0.125. The number of amides is 1. The molecule has 1 aromatic carbocycles. The zero-order valence-corrected chi connectivity index (χ0v) is 16.6. The van der Waals surface area contributed by atoms with E-state index in [2.05, 4.69) is 43.0 Å². The third-order valence-corrected chi connectivity index (χ3v) is 5.39. The molecule has 2 N–H and O–H groups in total. The number of aromatic nitrogens is 4. The van der Waals surface area contributed by atoms with Gasteiger partial charge in [-0.05, 0) is 18.2 Å². The number of carbonyl (C=O) groups is 1. The van der Waals surface area contributed by atoms with Crippen molar-refractivity contribution in [3.8, 4) is 17.1 Å². The molecule has 2 aromatic heterocycles. The SMILES string of the molecule is C=CCn1c(SCC(=O)Nc2nccs2)nnc1-c1cc(Br)ccc1O. The quantitative estimate of drug-likeness (QED) is 0.419. The first kappa shape index (κ1) is 18.6. The number of phenols is 1. The number of hydrogen-bond acceptors (Lipinski definition) is 7. The van der Waals surface area contributed by atoms with Gasteiger partial charge in [-0.1, -0.05) is 33.8 Å². The molecule has 0 aliphatic carbocycles. The van der Waals surface area contributed by atoms with Crippen molar-refractivity contribution in [1.82, 2.24) is 19.7 Å². The molecule has 0 unspecified atom stereocenters. The number of phenolic OH excluding ortho intramolecular Hbond substituents is 1. The Morgan fingerprint density at radius 3 is 3.04 bits per heavy atom. The van der Waals surface area contributed by atoms with Crippen LogP contribution in [-0.2, 0) is 11.3 Å². The zero-order chi connectivity index (χ0) is 18.5. The van der Waals surface area contributed by atoms with Gasteiger partial charge < -0.3 is 10.4 Å². The third-order valence-electron chi connectivity index (χ3n) is 3.24. The van der Waals surface area contributed by atoms with E-state index in [1.165, 1.54) is 23.1 Å². The molecule has 0 bridgehead atoms. The van der Waals surface area contributed by atoms with Crippen LogP contribution in [0.4, 0.5) is 5.13 Å². The first-order valence-electron chi connectivity index (χ1n) is 7.43. The van der Waals surface area contributed by atoms with Crippen molar-refractivity contribution < 1.29 is 9.90 Å². The summed E-state index contributed by atoms with van der Waals surface area (Å²) in [5, 5.41) is 24.1. The van der Waals surface area contributed by atoms with Crippen LogP contribution < -0.4 is 5.32 Å². The first-order valence-corrected chi connectivity index (χ1v) is 10.1. The van der Waals surface area contributed by atoms with E-state index in [4.69, 9.17) is 0 Å². The molecule has 0 spiro atoms.